The van der Waals surface area contributed by atoms with Crippen LogP contribution in [0.5, 0.6) is 5.75 Å². The normalized spacial score (nSPS) is 12.3. The summed E-state index contributed by atoms with van der Waals surface area (Å²) in [5.41, 5.74) is 2.46. The van der Waals surface area contributed by atoms with Crippen molar-refractivity contribution < 1.29 is 18.8 Å². The Balaban J connectivity index is 1.61. The number of esters is 1. The zero-order valence-electron chi connectivity index (χ0n) is 24.8. The lowest BCUT2D eigenvalue weighted by Gasteiger charge is -2.29. The van der Waals surface area contributed by atoms with E-state index in [2.05, 4.69) is 45.3 Å². The van der Waals surface area contributed by atoms with Gasteiger partial charge in [0.15, 0.2) is 6.54 Å². The standard InChI is InChI=1S/C34H54NO3/c1-5-6-7-8-9-10-11-12-13-14-15-19-24-32-25-20-21-26-33(32)38-30(2)29-37-34(36)28-35(3,4)27-31-22-17-16-18-23-31/h16-18,20-23,25-26,30H,5-15,19,24,27-29H2,1-4H3/q+1. The van der Waals surface area contributed by atoms with E-state index in [1.54, 1.807) is 0 Å². The van der Waals surface area contributed by atoms with E-state index in [-0.39, 0.29) is 18.7 Å². The topological polar surface area (TPSA) is 35.5 Å². The van der Waals surface area contributed by atoms with E-state index >= 15 is 0 Å². The van der Waals surface area contributed by atoms with E-state index in [1.807, 2.05) is 37.3 Å². The van der Waals surface area contributed by atoms with Gasteiger partial charge in [0.1, 0.15) is 25.0 Å². The van der Waals surface area contributed by atoms with E-state index in [1.165, 1.54) is 88.2 Å². The molecule has 38 heavy (non-hydrogen) atoms. The van der Waals surface area contributed by atoms with Crippen LogP contribution in [0.25, 0.3) is 0 Å². The molecule has 0 saturated carbocycles. The number of carbonyl (C=O) groups excluding carboxylic acids is 1. The Morgan fingerprint density at radius 1 is 0.763 bits per heavy atom. The Morgan fingerprint density at radius 2 is 1.32 bits per heavy atom. The highest BCUT2D eigenvalue weighted by Crippen LogP contribution is 2.22. The highest BCUT2D eigenvalue weighted by molar-refractivity contribution is 5.70. The first-order valence-electron chi connectivity index (χ1n) is 15.2. The molecule has 212 valence electrons. The highest BCUT2D eigenvalue weighted by atomic mass is 16.6. The van der Waals surface area contributed by atoms with Crippen LogP contribution in [0.1, 0.15) is 102 Å². The first-order valence-corrected chi connectivity index (χ1v) is 15.2. The predicted molar refractivity (Wildman–Crippen MR) is 159 cm³/mol. The molecule has 0 saturated heterocycles. The summed E-state index contributed by atoms with van der Waals surface area (Å²) in [5, 5.41) is 0. The van der Waals surface area contributed by atoms with Crippen molar-refractivity contribution >= 4 is 5.97 Å². The Kier molecular flexibility index (Phi) is 15.8. The molecular formula is C34H54NO3+. The van der Waals surface area contributed by atoms with Gasteiger partial charge in [0.25, 0.3) is 0 Å². The number of rotatable bonds is 21. The Labute approximate surface area is 233 Å². The lowest BCUT2D eigenvalue weighted by molar-refractivity contribution is -0.896. The zero-order valence-corrected chi connectivity index (χ0v) is 24.8. The molecule has 1 atom stereocenters. The first kappa shape index (κ1) is 31.9. The monoisotopic (exact) mass is 524 g/mol. The SMILES string of the molecule is CCCCCCCCCCCCCCc1ccccc1OC(C)COC(=O)C[N+](C)(C)Cc1ccccc1. The quantitative estimate of drug-likeness (QED) is 0.0932. The van der Waals surface area contributed by atoms with Crippen molar-refractivity contribution in [2.45, 2.75) is 110 Å². The van der Waals surface area contributed by atoms with Crippen molar-refractivity contribution in [3.63, 3.8) is 0 Å². The van der Waals surface area contributed by atoms with Gasteiger partial charge in [0.05, 0.1) is 14.1 Å². The minimum absolute atomic E-state index is 0.188. The van der Waals surface area contributed by atoms with Gasteiger partial charge in [0, 0.05) is 5.56 Å². The molecule has 2 aromatic carbocycles. The number of likely N-dealkylation sites (N-methyl/N-ethyl adjacent to an activating group) is 1. The second kappa shape index (κ2) is 18.8. The van der Waals surface area contributed by atoms with Crippen molar-refractivity contribution in [3.05, 3.63) is 65.7 Å². The maximum Gasteiger partial charge on any atom is 0.361 e. The molecule has 0 spiro atoms. The van der Waals surface area contributed by atoms with Gasteiger partial charge in [-0.15, -0.1) is 0 Å². The molecule has 0 fully saturated rings. The van der Waals surface area contributed by atoms with Crippen LogP contribution in [0.4, 0.5) is 0 Å². The third-order valence-corrected chi connectivity index (χ3v) is 7.09. The predicted octanol–water partition coefficient (Wildman–Crippen LogP) is 8.52. The van der Waals surface area contributed by atoms with Crippen molar-refractivity contribution in [2.24, 2.45) is 0 Å². The summed E-state index contributed by atoms with van der Waals surface area (Å²) in [6, 6.07) is 18.6. The molecule has 0 aliphatic heterocycles. The summed E-state index contributed by atoms with van der Waals surface area (Å²) in [7, 11) is 4.11. The van der Waals surface area contributed by atoms with Gasteiger partial charge in [-0.25, -0.2) is 4.79 Å². The fourth-order valence-corrected chi connectivity index (χ4v) is 4.97. The molecule has 0 aliphatic rings. The lowest BCUT2D eigenvalue weighted by atomic mass is 10.0. The van der Waals surface area contributed by atoms with Crippen molar-refractivity contribution in [1.82, 2.24) is 0 Å². The molecule has 0 amide bonds. The number of carbonyl (C=O) groups is 1. The Bertz CT molecular complexity index is 880. The average Bonchev–Trinajstić information content (AvgIpc) is 2.89. The van der Waals surface area contributed by atoms with Gasteiger partial charge in [-0.1, -0.05) is 126 Å². The van der Waals surface area contributed by atoms with E-state index in [0.29, 0.717) is 11.0 Å². The summed E-state index contributed by atoms with van der Waals surface area (Å²) < 4.78 is 12.3. The van der Waals surface area contributed by atoms with Crippen LogP contribution < -0.4 is 4.74 Å². The molecule has 0 heterocycles. The molecule has 1 unspecified atom stereocenters. The fourth-order valence-electron chi connectivity index (χ4n) is 4.97. The van der Waals surface area contributed by atoms with Crippen molar-refractivity contribution in [1.29, 1.82) is 0 Å². The molecule has 4 heteroatoms. The van der Waals surface area contributed by atoms with Crippen molar-refractivity contribution in [3.8, 4) is 5.75 Å². The number of para-hydroxylation sites is 1. The van der Waals surface area contributed by atoms with Crippen LogP contribution in [0.15, 0.2) is 54.6 Å². The average molecular weight is 525 g/mol. The van der Waals surface area contributed by atoms with Gasteiger partial charge < -0.3 is 14.0 Å². The van der Waals surface area contributed by atoms with E-state index < -0.39 is 0 Å². The van der Waals surface area contributed by atoms with Crippen LogP contribution in [0.2, 0.25) is 0 Å². The van der Waals surface area contributed by atoms with Gasteiger partial charge in [0.2, 0.25) is 0 Å². The minimum atomic E-state index is -0.189. The van der Waals surface area contributed by atoms with E-state index in [0.717, 1.165) is 18.7 Å². The largest absolute Gasteiger partial charge is 0.487 e. The molecule has 2 rings (SSSR count). The number of unbranched alkanes of at least 4 members (excludes halogenated alkanes) is 11. The molecule has 0 radical (unpaired) electrons. The lowest BCUT2D eigenvalue weighted by Crippen LogP contribution is -2.44. The summed E-state index contributed by atoms with van der Waals surface area (Å²) in [5.74, 6) is 0.727. The van der Waals surface area contributed by atoms with Crippen LogP contribution in [-0.4, -0.2) is 43.8 Å². The van der Waals surface area contributed by atoms with Crippen LogP contribution >= 0.6 is 0 Å². The minimum Gasteiger partial charge on any atom is -0.487 e. The second-order valence-corrected chi connectivity index (χ2v) is 11.6. The Morgan fingerprint density at radius 3 is 1.95 bits per heavy atom. The number of quaternary nitrogens is 1. The Hall–Kier alpha value is -2.33. The molecule has 2 aromatic rings. The summed E-state index contributed by atoms with van der Waals surface area (Å²) in [6.45, 7) is 5.63. The van der Waals surface area contributed by atoms with Gasteiger partial charge in [-0.3, -0.25) is 0 Å². The molecule has 0 bridgehead atoms. The van der Waals surface area contributed by atoms with E-state index in [9.17, 15) is 4.79 Å². The molecule has 4 nitrogen and oxygen atoms in total. The third-order valence-electron chi connectivity index (χ3n) is 7.09. The number of ether oxygens (including phenoxy) is 2. The van der Waals surface area contributed by atoms with Crippen LogP contribution in [-0.2, 0) is 22.5 Å². The first-order chi connectivity index (χ1) is 18.4. The maximum atomic E-state index is 12.5. The van der Waals surface area contributed by atoms with E-state index in [4.69, 9.17) is 9.47 Å². The molecule has 0 N–H and O–H groups in total. The fraction of sp³-hybridized carbons (Fsp3) is 0.618. The summed E-state index contributed by atoms with van der Waals surface area (Å²) in [6.07, 6.45) is 17.2. The number of benzene rings is 2. The van der Waals surface area contributed by atoms with Gasteiger partial charge in [-0.2, -0.15) is 0 Å². The van der Waals surface area contributed by atoms with Crippen molar-refractivity contribution in [2.75, 3.05) is 27.2 Å². The van der Waals surface area contributed by atoms with Gasteiger partial charge in [-0.05, 0) is 31.4 Å². The number of nitrogens with zero attached hydrogens (tertiary/aromatic N) is 1. The highest BCUT2D eigenvalue weighted by Gasteiger charge is 2.22. The zero-order chi connectivity index (χ0) is 27.5. The third kappa shape index (κ3) is 14.6. The van der Waals surface area contributed by atoms with Gasteiger partial charge >= 0.3 is 5.97 Å². The smallest absolute Gasteiger partial charge is 0.361 e. The summed E-state index contributed by atoms with van der Waals surface area (Å²) in [4.78, 5) is 12.5. The maximum absolute atomic E-state index is 12.5. The van der Waals surface area contributed by atoms with Crippen LogP contribution in [0.3, 0.4) is 0 Å². The number of aryl methyl sites for hydroxylation is 1. The second-order valence-electron chi connectivity index (χ2n) is 11.6. The molecule has 0 aliphatic carbocycles. The number of hydrogen-bond donors (Lipinski definition) is 0. The van der Waals surface area contributed by atoms with Crippen LogP contribution in [0, 0.1) is 0 Å². The number of hydrogen-bond acceptors (Lipinski definition) is 3. The molecule has 0 aromatic heterocycles. The summed E-state index contributed by atoms with van der Waals surface area (Å²) >= 11 is 0. The molecular weight excluding hydrogens is 470 g/mol.